The first-order valence-electron chi connectivity index (χ1n) is 8.33. The second-order valence-electron chi connectivity index (χ2n) is 5.76. The van der Waals surface area contributed by atoms with Gasteiger partial charge in [0.05, 0.1) is 23.2 Å². The number of nitrogens with one attached hydrogen (secondary N) is 2. The largest absolute Gasteiger partial charge is 0.491 e. The third kappa shape index (κ3) is 3.66. The fourth-order valence-corrected chi connectivity index (χ4v) is 2.58. The number of fused-ring (bicyclic) bond motifs is 1. The van der Waals surface area contributed by atoms with Crippen molar-refractivity contribution >= 4 is 22.5 Å². The standard InChI is InChI=1S/C19H19N3O4/c1-2-11-26-16-10-6-5-9-15(16)20-17(23)12-22-18(24)13-7-3-4-8-14(13)21-19(22)25/h3-10H,2,11-12H2,1H3,(H,20,23)(H,21,25). The van der Waals surface area contributed by atoms with Crippen LogP contribution in [0.5, 0.6) is 5.75 Å². The summed E-state index contributed by atoms with van der Waals surface area (Å²) in [6.45, 7) is 2.12. The molecule has 0 atom stereocenters. The van der Waals surface area contributed by atoms with Crippen LogP contribution in [-0.2, 0) is 11.3 Å². The lowest BCUT2D eigenvalue weighted by molar-refractivity contribution is -0.116. The molecule has 1 aromatic heterocycles. The van der Waals surface area contributed by atoms with Gasteiger partial charge in [-0.05, 0) is 30.7 Å². The molecule has 1 heterocycles. The highest BCUT2D eigenvalue weighted by Crippen LogP contribution is 2.23. The lowest BCUT2D eigenvalue weighted by Gasteiger charge is -2.12. The number of rotatable bonds is 6. The van der Waals surface area contributed by atoms with E-state index in [2.05, 4.69) is 10.3 Å². The van der Waals surface area contributed by atoms with Gasteiger partial charge in [-0.25, -0.2) is 4.79 Å². The molecule has 26 heavy (non-hydrogen) atoms. The predicted molar refractivity (Wildman–Crippen MR) is 99.7 cm³/mol. The minimum atomic E-state index is -0.626. The number of para-hydroxylation sites is 3. The van der Waals surface area contributed by atoms with Crippen LogP contribution in [0.25, 0.3) is 10.9 Å². The van der Waals surface area contributed by atoms with E-state index in [0.717, 1.165) is 11.0 Å². The predicted octanol–water partition coefficient (Wildman–Crippen LogP) is 2.12. The monoisotopic (exact) mass is 353 g/mol. The van der Waals surface area contributed by atoms with Gasteiger partial charge in [-0.2, -0.15) is 0 Å². The Morgan fingerprint density at radius 3 is 2.65 bits per heavy atom. The number of aromatic nitrogens is 2. The molecule has 0 spiro atoms. The normalized spacial score (nSPS) is 10.7. The van der Waals surface area contributed by atoms with Gasteiger partial charge in [-0.3, -0.25) is 14.2 Å². The number of amides is 1. The summed E-state index contributed by atoms with van der Waals surface area (Å²) < 4.78 is 6.47. The van der Waals surface area contributed by atoms with Crippen LogP contribution in [0.2, 0.25) is 0 Å². The van der Waals surface area contributed by atoms with Gasteiger partial charge in [-0.15, -0.1) is 0 Å². The van der Waals surface area contributed by atoms with Gasteiger partial charge in [0.1, 0.15) is 12.3 Å². The third-order valence-electron chi connectivity index (χ3n) is 3.81. The Bertz CT molecular complexity index is 1050. The fourth-order valence-electron chi connectivity index (χ4n) is 2.58. The summed E-state index contributed by atoms with van der Waals surface area (Å²) in [4.78, 5) is 39.6. The van der Waals surface area contributed by atoms with Crippen molar-refractivity contribution in [2.75, 3.05) is 11.9 Å². The van der Waals surface area contributed by atoms with E-state index in [-0.39, 0.29) is 6.54 Å². The van der Waals surface area contributed by atoms with E-state index in [1.165, 1.54) is 0 Å². The van der Waals surface area contributed by atoms with E-state index in [9.17, 15) is 14.4 Å². The molecule has 0 aliphatic carbocycles. The zero-order valence-corrected chi connectivity index (χ0v) is 14.3. The second-order valence-corrected chi connectivity index (χ2v) is 5.76. The zero-order valence-electron chi connectivity index (χ0n) is 14.3. The molecular weight excluding hydrogens is 334 g/mol. The molecule has 3 rings (SSSR count). The first-order valence-corrected chi connectivity index (χ1v) is 8.33. The fraction of sp³-hybridized carbons (Fsp3) is 0.211. The van der Waals surface area contributed by atoms with Crippen molar-refractivity contribution in [2.24, 2.45) is 0 Å². The molecule has 134 valence electrons. The number of carbonyl (C=O) groups is 1. The van der Waals surface area contributed by atoms with E-state index in [1.807, 2.05) is 6.92 Å². The highest BCUT2D eigenvalue weighted by atomic mass is 16.5. The number of hydrogen-bond acceptors (Lipinski definition) is 4. The van der Waals surface area contributed by atoms with Crippen LogP contribution >= 0.6 is 0 Å². The molecule has 0 fully saturated rings. The molecule has 0 saturated carbocycles. The molecule has 2 aromatic carbocycles. The smallest absolute Gasteiger partial charge is 0.329 e. The lowest BCUT2D eigenvalue weighted by atomic mass is 10.2. The maximum absolute atomic E-state index is 12.5. The highest BCUT2D eigenvalue weighted by Gasteiger charge is 2.13. The average Bonchev–Trinajstić information content (AvgIpc) is 2.64. The molecule has 7 heteroatoms. The van der Waals surface area contributed by atoms with Crippen LogP contribution in [-0.4, -0.2) is 22.1 Å². The Kier molecular flexibility index (Phi) is 5.17. The summed E-state index contributed by atoms with van der Waals surface area (Å²) in [6.07, 6.45) is 0.837. The minimum absolute atomic E-state index is 0.353. The van der Waals surface area contributed by atoms with Crippen LogP contribution < -0.4 is 21.3 Å². The van der Waals surface area contributed by atoms with Gasteiger partial charge in [0.15, 0.2) is 0 Å². The van der Waals surface area contributed by atoms with E-state index in [4.69, 9.17) is 4.74 Å². The molecule has 2 N–H and O–H groups in total. The van der Waals surface area contributed by atoms with Gasteiger partial charge >= 0.3 is 5.69 Å². The van der Waals surface area contributed by atoms with Crippen LogP contribution in [0.1, 0.15) is 13.3 Å². The Morgan fingerprint density at radius 2 is 1.85 bits per heavy atom. The SMILES string of the molecule is CCCOc1ccccc1NC(=O)Cn1c(=O)[nH]c2ccccc2c1=O. The number of benzene rings is 2. The molecular formula is C19H19N3O4. The molecule has 3 aromatic rings. The van der Waals surface area contributed by atoms with Gasteiger partial charge in [0.2, 0.25) is 5.91 Å². The Balaban J connectivity index is 1.85. The van der Waals surface area contributed by atoms with Crippen molar-refractivity contribution in [1.82, 2.24) is 9.55 Å². The minimum Gasteiger partial charge on any atom is -0.491 e. The second kappa shape index (κ2) is 7.69. The van der Waals surface area contributed by atoms with Crippen molar-refractivity contribution in [2.45, 2.75) is 19.9 Å². The molecule has 0 bridgehead atoms. The first kappa shape index (κ1) is 17.5. The molecule has 0 radical (unpaired) electrons. The summed E-state index contributed by atoms with van der Waals surface area (Å²) in [7, 11) is 0. The number of aromatic amines is 1. The van der Waals surface area contributed by atoms with Crippen LogP contribution in [0.15, 0.2) is 58.1 Å². The summed E-state index contributed by atoms with van der Waals surface area (Å²) in [5.41, 5.74) is -0.192. The summed E-state index contributed by atoms with van der Waals surface area (Å²) in [5.74, 6) is 0.0582. The molecule has 0 aliphatic heterocycles. The van der Waals surface area contributed by atoms with Crippen molar-refractivity contribution in [3.63, 3.8) is 0 Å². The van der Waals surface area contributed by atoms with Crippen LogP contribution in [0.3, 0.4) is 0 Å². The lowest BCUT2D eigenvalue weighted by Crippen LogP contribution is -2.38. The number of anilines is 1. The van der Waals surface area contributed by atoms with E-state index in [0.29, 0.717) is 28.9 Å². The Hall–Kier alpha value is -3.35. The van der Waals surface area contributed by atoms with Crippen LogP contribution in [0, 0.1) is 0 Å². The number of hydrogen-bond donors (Lipinski definition) is 2. The first-order chi connectivity index (χ1) is 12.6. The molecule has 0 aliphatic rings. The topological polar surface area (TPSA) is 93.2 Å². The summed E-state index contributed by atoms with van der Waals surface area (Å²) in [5, 5.41) is 3.05. The van der Waals surface area contributed by atoms with E-state index < -0.39 is 17.2 Å². The highest BCUT2D eigenvalue weighted by molar-refractivity contribution is 5.92. The molecule has 0 saturated heterocycles. The summed E-state index contributed by atoms with van der Waals surface area (Å²) >= 11 is 0. The van der Waals surface area contributed by atoms with Gasteiger partial charge < -0.3 is 15.0 Å². The number of H-pyrrole nitrogens is 1. The van der Waals surface area contributed by atoms with E-state index >= 15 is 0 Å². The van der Waals surface area contributed by atoms with Crippen LogP contribution in [0.4, 0.5) is 5.69 Å². The zero-order chi connectivity index (χ0) is 18.5. The van der Waals surface area contributed by atoms with E-state index in [1.54, 1.807) is 48.5 Å². The van der Waals surface area contributed by atoms with Gasteiger partial charge in [-0.1, -0.05) is 31.2 Å². The van der Waals surface area contributed by atoms with Crippen molar-refractivity contribution < 1.29 is 9.53 Å². The maximum Gasteiger partial charge on any atom is 0.329 e. The third-order valence-corrected chi connectivity index (χ3v) is 3.81. The molecule has 0 unspecified atom stereocenters. The number of ether oxygens (including phenoxy) is 1. The molecule has 1 amide bonds. The average molecular weight is 353 g/mol. The van der Waals surface area contributed by atoms with Gasteiger partial charge in [0, 0.05) is 0 Å². The van der Waals surface area contributed by atoms with Crippen molar-refractivity contribution in [3.05, 3.63) is 69.4 Å². The van der Waals surface area contributed by atoms with Crippen molar-refractivity contribution in [1.29, 1.82) is 0 Å². The number of carbonyl (C=O) groups excluding carboxylic acids is 1. The van der Waals surface area contributed by atoms with Gasteiger partial charge in [0.25, 0.3) is 5.56 Å². The Labute approximate surface area is 149 Å². The van der Waals surface area contributed by atoms with Crippen molar-refractivity contribution in [3.8, 4) is 5.75 Å². The Morgan fingerprint density at radius 1 is 1.12 bits per heavy atom. The maximum atomic E-state index is 12.5. The summed E-state index contributed by atoms with van der Waals surface area (Å²) in [6, 6.07) is 13.7. The number of nitrogens with zero attached hydrogens (tertiary/aromatic N) is 1. The molecule has 7 nitrogen and oxygen atoms in total. The quantitative estimate of drug-likeness (QED) is 0.710.